The largest absolute Gasteiger partial charge is 0.495 e. The Morgan fingerprint density at radius 3 is 2.38 bits per heavy atom. The van der Waals surface area contributed by atoms with Gasteiger partial charge in [0.25, 0.3) is 5.91 Å². The minimum Gasteiger partial charge on any atom is -0.495 e. The number of anilines is 2. The maximum Gasteiger partial charge on any atom is 0.412 e. The van der Waals surface area contributed by atoms with Crippen molar-refractivity contribution in [2.45, 2.75) is 46.1 Å². The predicted octanol–water partition coefficient (Wildman–Crippen LogP) is 4.94. The second-order valence-electron chi connectivity index (χ2n) is 8.18. The maximum atomic E-state index is 13.2. The molecule has 6 heteroatoms. The van der Waals surface area contributed by atoms with Gasteiger partial charge in [-0.3, -0.25) is 10.1 Å². The molecule has 0 radical (unpaired) electrons. The fourth-order valence-corrected chi connectivity index (χ4v) is 3.49. The Labute approximate surface area is 171 Å². The van der Waals surface area contributed by atoms with Gasteiger partial charge < -0.3 is 14.4 Å². The van der Waals surface area contributed by atoms with Gasteiger partial charge in [0.15, 0.2) is 0 Å². The summed E-state index contributed by atoms with van der Waals surface area (Å²) in [4.78, 5) is 26.9. The van der Waals surface area contributed by atoms with Crippen molar-refractivity contribution in [3.8, 4) is 5.75 Å². The average Bonchev–Trinajstić information content (AvgIpc) is 2.66. The minimum atomic E-state index is -0.571. The van der Waals surface area contributed by atoms with E-state index in [1.165, 1.54) is 0 Å². The van der Waals surface area contributed by atoms with E-state index in [1.807, 2.05) is 12.1 Å². The number of nitrogens with one attached hydrogen (secondary N) is 1. The van der Waals surface area contributed by atoms with Crippen LogP contribution in [0.2, 0.25) is 0 Å². The summed E-state index contributed by atoms with van der Waals surface area (Å²) < 4.78 is 10.8. The van der Waals surface area contributed by atoms with E-state index in [2.05, 4.69) is 12.2 Å². The van der Waals surface area contributed by atoms with Crippen LogP contribution < -0.4 is 15.0 Å². The van der Waals surface area contributed by atoms with Crippen LogP contribution in [0.3, 0.4) is 0 Å². The first-order valence-electron chi connectivity index (χ1n) is 9.78. The normalized spacial score (nSPS) is 13.5. The van der Waals surface area contributed by atoms with E-state index in [-0.39, 0.29) is 5.91 Å². The first-order chi connectivity index (χ1) is 13.7. The highest BCUT2D eigenvalue weighted by Gasteiger charge is 2.28. The summed E-state index contributed by atoms with van der Waals surface area (Å²) in [5.41, 5.74) is 3.74. The number of hydrogen-bond acceptors (Lipinski definition) is 4. The van der Waals surface area contributed by atoms with E-state index in [0.717, 1.165) is 29.7 Å². The molecular formula is C23H28N2O4. The van der Waals surface area contributed by atoms with Crippen LogP contribution in [-0.4, -0.2) is 31.3 Å². The van der Waals surface area contributed by atoms with E-state index >= 15 is 0 Å². The van der Waals surface area contributed by atoms with Crippen LogP contribution in [-0.2, 0) is 11.2 Å². The summed E-state index contributed by atoms with van der Waals surface area (Å²) in [7, 11) is 1.62. The molecule has 3 rings (SSSR count). The molecule has 2 aromatic carbocycles. The van der Waals surface area contributed by atoms with Gasteiger partial charge in [0.2, 0.25) is 0 Å². The van der Waals surface area contributed by atoms with Crippen molar-refractivity contribution in [1.82, 2.24) is 0 Å². The molecule has 0 saturated carbocycles. The number of hydrogen-bond donors (Lipinski definition) is 1. The number of methoxy groups -OCH3 is 1. The predicted molar refractivity (Wildman–Crippen MR) is 114 cm³/mol. The van der Waals surface area contributed by atoms with Gasteiger partial charge in [0, 0.05) is 17.8 Å². The summed E-state index contributed by atoms with van der Waals surface area (Å²) >= 11 is 0. The highest BCUT2D eigenvalue weighted by Crippen LogP contribution is 2.39. The number of benzene rings is 2. The Hall–Kier alpha value is -3.02. The Bertz CT molecular complexity index is 914. The van der Waals surface area contributed by atoms with Crippen molar-refractivity contribution in [2.24, 2.45) is 0 Å². The van der Waals surface area contributed by atoms with Gasteiger partial charge in [-0.15, -0.1) is 0 Å². The molecule has 1 heterocycles. The zero-order valence-corrected chi connectivity index (χ0v) is 17.7. The number of nitrogens with zero attached hydrogens (tertiary/aromatic N) is 1. The van der Waals surface area contributed by atoms with Crippen LogP contribution in [0.25, 0.3) is 0 Å². The van der Waals surface area contributed by atoms with Crippen molar-refractivity contribution in [2.75, 3.05) is 23.9 Å². The Balaban J connectivity index is 1.81. The van der Waals surface area contributed by atoms with Crippen molar-refractivity contribution in [1.29, 1.82) is 0 Å². The van der Waals surface area contributed by atoms with Gasteiger partial charge in [-0.25, -0.2) is 4.79 Å². The van der Waals surface area contributed by atoms with Crippen molar-refractivity contribution >= 4 is 23.4 Å². The third-order valence-corrected chi connectivity index (χ3v) is 4.80. The number of fused-ring (bicyclic) bond motifs is 1. The van der Waals surface area contributed by atoms with Crippen LogP contribution in [0.1, 0.15) is 48.7 Å². The number of carbonyl (C=O) groups excluding carboxylic acids is 2. The second kappa shape index (κ2) is 8.15. The number of carbonyl (C=O) groups is 2. The molecule has 29 heavy (non-hydrogen) atoms. The van der Waals surface area contributed by atoms with Crippen molar-refractivity contribution in [3.63, 3.8) is 0 Å². The summed E-state index contributed by atoms with van der Waals surface area (Å²) in [6, 6.07) is 10.8. The molecule has 1 aliphatic rings. The summed E-state index contributed by atoms with van der Waals surface area (Å²) in [6.07, 6.45) is 1.31. The molecule has 6 nitrogen and oxygen atoms in total. The minimum absolute atomic E-state index is 0.0846. The van der Waals surface area contributed by atoms with Gasteiger partial charge in [0.1, 0.15) is 11.4 Å². The Kier molecular flexibility index (Phi) is 5.82. The van der Waals surface area contributed by atoms with E-state index in [9.17, 15) is 9.59 Å². The fraction of sp³-hybridized carbons (Fsp3) is 0.391. The van der Waals surface area contributed by atoms with Gasteiger partial charge >= 0.3 is 6.09 Å². The van der Waals surface area contributed by atoms with E-state index in [0.29, 0.717) is 23.5 Å². The molecule has 0 bridgehead atoms. The monoisotopic (exact) mass is 396 g/mol. The number of rotatable bonds is 3. The molecule has 0 atom stereocenters. The molecule has 2 aromatic rings. The molecular weight excluding hydrogens is 368 g/mol. The molecule has 0 spiro atoms. The van der Waals surface area contributed by atoms with Crippen LogP contribution in [0.5, 0.6) is 5.75 Å². The van der Waals surface area contributed by atoms with Crippen LogP contribution >= 0.6 is 0 Å². The molecule has 0 aliphatic carbocycles. The lowest BCUT2D eigenvalue weighted by Gasteiger charge is -2.32. The smallest absolute Gasteiger partial charge is 0.412 e. The van der Waals surface area contributed by atoms with Crippen LogP contribution in [0.4, 0.5) is 16.2 Å². The summed E-state index contributed by atoms with van der Waals surface area (Å²) in [5.74, 6) is 0.625. The highest BCUT2D eigenvalue weighted by molar-refractivity contribution is 6.08. The molecule has 0 unspecified atom stereocenters. The molecule has 1 N–H and O–H groups in total. The number of ether oxygens (including phenoxy) is 2. The topological polar surface area (TPSA) is 67.9 Å². The van der Waals surface area contributed by atoms with Gasteiger partial charge in [0.05, 0.1) is 12.8 Å². The first kappa shape index (κ1) is 20.7. The summed E-state index contributed by atoms with van der Waals surface area (Å²) in [5, 5.41) is 2.68. The SMILES string of the molecule is COc1ccc(C)c2c1N(C(=O)c1ccc(NC(=O)OC(C)(C)C)cc1)CCC2. The quantitative estimate of drug-likeness (QED) is 0.798. The second-order valence-corrected chi connectivity index (χ2v) is 8.18. The lowest BCUT2D eigenvalue weighted by atomic mass is 9.95. The van der Waals surface area contributed by atoms with Crippen LogP contribution in [0.15, 0.2) is 36.4 Å². The van der Waals surface area contributed by atoms with Crippen molar-refractivity contribution < 1.29 is 19.1 Å². The molecule has 2 amide bonds. The third kappa shape index (κ3) is 4.70. The Morgan fingerprint density at radius 1 is 1.07 bits per heavy atom. The number of amides is 2. The van der Waals surface area contributed by atoms with Gasteiger partial charge in [-0.1, -0.05) is 6.07 Å². The molecule has 154 valence electrons. The maximum absolute atomic E-state index is 13.2. The lowest BCUT2D eigenvalue weighted by Crippen LogP contribution is -2.36. The highest BCUT2D eigenvalue weighted by atomic mass is 16.6. The summed E-state index contributed by atoms with van der Waals surface area (Å²) in [6.45, 7) is 8.12. The average molecular weight is 396 g/mol. The number of aryl methyl sites for hydroxylation is 1. The van der Waals surface area contributed by atoms with Crippen molar-refractivity contribution in [3.05, 3.63) is 53.1 Å². The zero-order valence-electron chi connectivity index (χ0n) is 17.7. The third-order valence-electron chi connectivity index (χ3n) is 4.80. The van der Waals surface area contributed by atoms with E-state index in [1.54, 1.807) is 57.0 Å². The molecule has 0 aromatic heterocycles. The van der Waals surface area contributed by atoms with Gasteiger partial charge in [-0.2, -0.15) is 0 Å². The Morgan fingerprint density at radius 2 is 1.76 bits per heavy atom. The lowest BCUT2D eigenvalue weighted by molar-refractivity contribution is 0.0636. The fourth-order valence-electron chi connectivity index (χ4n) is 3.49. The molecule has 0 saturated heterocycles. The molecule has 1 aliphatic heterocycles. The first-order valence-corrected chi connectivity index (χ1v) is 9.78. The van der Waals surface area contributed by atoms with E-state index < -0.39 is 11.7 Å². The van der Waals surface area contributed by atoms with E-state index in [4.69, 9.17) is 9.47 Å². The van der Waals surface area contributed by atoms with Gasteiger partial charge in [-0.05, 0) is 82.0 Å². The zero-order chi connectivity index (χ0) is 21.2. The standard InChI is InChI=1S/C23H28N2O4/c1-15-8-13-19(28-5)20-18(15)7-6-14-25(20)21(26)16-9-11-17(12-10-16)24-22(27)29-23(2,3)4/h8-13H,6-7,14H2,1-5H3,(H,24,27). The molecule has 0 fully saturated rings. The van der Waals surface area contributed by atoms with Crippen LogP contribution in [0, 0.1) is 6.92 Å².